The molecule has 0 bridgehead atoms. The second-order valence-electron chi connectivity index (χ2n) is 5.77. The number of rotatable bonds is 5. The second kappa shape index (κ2) is 7.62. The van der Waals surface area contributed by atoms with E-state index in [2.05, 4.69) is 16.3 Å². The molecule has 0 saturated heterocycles. The molecule has 0 radical (unpaired) electrons. The Balaban J connectivity index is 1.96. The molecule has 3 rings (SSSR count). The zero-order valence-electron chi connectivity index (χ0n) is 13.6. The SMILES string of the molecule is N#C/C(=C\c1ccccc1OCC(=O)[O-])c1nnc2n1CCCCC2. The van der Waals surface area contributed by atoms with Gasteiger partial charge in [0.25, 0.3) is 0 Å². The molecule has 128 valence electrons. The van der Waals surface area contributed by atoms with E-state index in [9.17, 15) is 15.2 Å². The summed E-state index contributed by atoms with van der Waals surface area (Å²) < 4.78 is 7.23. The maximum atomic E-state index is 10.6. The van der Waals surface area contributed by atoms with Crippen molar-refractivity contribution in [1.29, 1.82) is 5.26 Å². The van der Waals surface area contributed by atoms with E-state index in [-0.39, 0.29) is 0 Å². The quantitative estimate of drug-likeness (QED) is 0.759. The first kappa shape index (κ1) is 16.7. The molecule has 0 aliphatic carbocycles. The molecule has 0 unspecified atom stereocenters. The second-order valence-corrected chi connectivity index (χ2v) is 5.77. The number of benzene rings is 1. The molecule has 0 amide bonds. The molecule has 0 fully saturated rings. The van der Waals surface area contributed by atoms with Crippen LogP contribution in [0.1, 0.15) is 36.5 Å². The van der Waals surface area contributed by atoms with Gasteiger partial charge in [0.05, 0.1) is 11.5 Å². The van der Waals surface area contributed by atoms with Crippen LogP contribution in [0.25, 0.3) is 11.6 Å². The minimum Gasteiger partial charge on any atom is -0.546 e. The molecular weight excluding hydrogens is 320 g/mol. The first-order valence-corrected chi connectivity index (χ1v) is 8.15. The minimum atomic E-state index is -1.30. The highest BCUT2D eigenvalue weighted by Gasteiger charge is 2.18. The van der Waals surface area contributed by atoms with Crippen molar-refractivity contribution in [2.24, 2.45) is 0 Å². The number of aryl methyl sites for hydroxylation is 1. The fourth-order valence-electron chi connectivity index (χ4n) is 2.85. The molecular formula is C18H17N4O3-. The number of nitrogens with zero attached hydrogens (tertiary/aromatic N) is 4. The van der Waals surface area contributed by atoms with Gasteiger partial charge in [-0.2, -0.15) is 5.26 Å². The summed E-state index contributed by atoms with van der Waals surface area (Å²) in [6, 6.07) is 9.09. The van der Waals surface area contributed by atoms with Crippen molar-refractivity contribution in [2.75, 3.05) is 6.61 Å². The number of aliphatic carboxylic acids is 1. The number of para-hydroxylation sites is 1. The summed E-state index contributed by atoms with van der Waals surface area (Å²) in [6.07, 6.45) is 5.74. The molecule has 2 heterocycles. The Morgan fingerprint density at radius 2 is 2.16 bits per heavy atom. The van der Waals surface area contributed by atoms with E-state index in [1.807, 2.05) is 4.57 Å². The summed E-state index contributed by atoms with van der Waals surface area (Å²) in [5, 5.41) is 28.6. The first-order valence-electron chi connectivity index (χ1n) is 8.15. The van der Waals surface area contributed by atoms with Crippen LogP contribution in [0.3, 0.4) is 0 Å². The maximum absolute atomic E-state index is 10.6. The summed E-state index contributed by atoms with van der Waals surface area (Å²) >= 11 is 0. The number of carbonyl (C=O) groups excluding carboxylic acids is 1. The van der Waals surface area contributed by atoms with Gasteiger partial charge in [-0.25, -0.2) is 0 Å². The van der Waals surface area contributed by atoms with E-state index in [0.29, 0.717) is 22.7 Å². The lowest BCUT2D eigenvalue weighted by molar-refractivity contribution is -0.307. The molecule has 7 nitrogen and oxygen atoms in total. The smallest absolute Gasteiger partial charge is 0.174 e. The van der Waals surface area contributed by atoms with Crippen LogP contribution >= 0.6 is 0 Å². The monoisotopic (exact) mass is 337 g/mol. The van der Waals surface area contributed by atoms with Crippen LogP contribution in [0.5, 0.6) is 5.75 Å². The molecule has 1 aromatic heterocycles. The molecule has 1 aliphatic heterocycles. The van der Waals surface area contributed by atoms with Crippen molar-refractivity contribution >= 4 is 17.6 Å². The topological polar surface area (TPSA) is 104 Å². The summed E-state index contributed by atoms with van der Waals surface area (Å²) in [5.41, 5.74) is 0.969. The summed E-state index contributed by atoms with van der Waals surface area (Å²) in [6.45, 7) is 0.243. The third kappa shape index (κ3) is 3.86. The number of nitriles is 1. The Labute approximate surface area is 145 Å². The Bertz CT molecular complexity index is 848. The molecule has 1 aromatic carbocycles. The number of carboxylic acids is 1. The Kier molecular flexibility index (Phi) is 5.09. The molecule has 2 aromatic rings. The fraction of sp³-hybridized carbons (Fsp3) is 0.333. The van der Waals surface area contributed by atoms with Crippen molar-refractivity contribution in [3.63, 3.8) is 0 Å². The standard InChI is InChI=1S/C18H18N4O3/c19-11-14(18-21-20-16-8-2-1-5-9-22(16)18)10-13-6-3-4-7-15(13)25-12-17(23)24/h3-4,6-7,10H,1-2,5,8-9,12H2,(H,23,24)/p-1/b14-10+. The first-order chi connectivity index (χ1) is 12.2. The number of hydrogen-bond acceptors (Lipinski definition) is 6. The van der Waals surface area contributed by atoms with Crippen molar-refractivity contribution in [3.05, 3.63) is 41.5 Å². The van der Waals surface area contributed by atoms with Gasteiger partial charge in [-0.3, -0.25) is 0 Å². The number of aromatic nitrogens is 3. The maximum Gasteiger partial charge on any atom is 0.174 e. The van der Waals surface area contributed by atoms with E-state index >= 15 is 0 Å². The highest BCUT2D eigenvalue weighted by atomic mass is 16.5. The van der Waals surface area contributed by atoms with Crippen LogP contribution in [-0.2, 0) is 17.8 Å². The van der Waals surface area contributed by atoms with Crippen molar-refractivity contribution in [3.8, 4) is 11.8 Å². The van der Waals surface area contributed by atoms with E-state index in [1.165, 1.54) is 0 Å². The molecule has 25 heavy (non-hydrogen) atoms. The van der Waals surface area contributed by atoms with Crippen molar-refractivity contribution in [2.45, 2.75) is 32.2 Å². The molecule has 0 N–H and O–H groups in total. The molecule has 0 spiro atoms. The fourth-order valence-corrected chi connectivity index (χ4v) is 2.85. The third-order valence-electron chi connectivity index (χ3n) is 4.04. The number of carboxylic acid groups (broad SMARTS) is 1. The van der Waals surface area contributed by atoms with Crippen LogP contribution in [0.4, 0.5) is 0 Å². The lowest BCUT2D eigenvalue weighted by Gasteiger charge is -2.10. The van der Waals surface area contributed by atoms with Crippen LogP contribution in [-0.4, -0.2) is 27.3 Å². The van der Waals surface area contributed by atoms with Crippen molar-refractivity contribution < 1.29 is 14.6 Å². The molecule has 1 aliphatic rings. The number of carbonyl (C=O) groups is 1. The van der Waals surface area contributed by atoms with Crippen LogP contribution in [0.15, 0.2) is 24.3 Å². The average molecular weight is 337 g/mol. The van der Waals surface area contributed by atoms with Gasteiger partial charge in [0.2, 0.25) is 0 Å². The lowest BCUT2D eigenvalue weighted by Crippen LogP contribution is -2.29. The Hall–Kier alpha value is -3.14. The number of allylic oxidation sites excluding steroid dienone is 1. The lowest BCUT2D eigenvalue weighted by atomic mass is 10.1. The average Bonchev–Trinajstić information content (AvgIpc) is 2.86. The third-order valence-corrected chi connectivity index (χ3v) is 4.04. The van der Waals surface area contributed by atoms with Crippen LogP contribution in [0.2, 0.25) is 0 Å². The summed E-state index contributed by atoms with van der Waals surface area (Å²) in [5.74, 6) is 0.501. The summed E-state index contributed by atoms with van der Waals surface area (Å²) in [4.78, 5) is 10.6. The van der Waals surface area contributed by atoms with Gasteiger partial charge in [-0.05, 0) is 25.0 Å². The van der Waals surface area contributed by atoms with Gasteiger partial charge < -0.3 is 19.2 Å². The van der Waals surface area contributed by atoms with E-state index < -0.39 is 12.6 Å². The van der Waals surface area contributed by atoms with Crippen LogP contribution in [0, 0.1) is 11.3 Å². The Morgan fingerprint density at radius 3 is 2.96 bits per heavy atom. The zero-order valence-corrected chi connectivity index (χ0v) is 13.6. The Morgan fingerprint density at radius 1 is 1.32 bits per heavy atom. The largest absolute Gasteiger partial charge is 0.546 e. The highest BCUT2D eigenvalue weighted by molar-refractivity contribution is 5.88. The van der Waals surface area contributed by atoms with Gasteiger partial charge in [-0.1, -0.05) is 24.6 Å². The van der Waals surface area contributed by atoms with Gasteiger partial charge in [-0.15, -0.1) is 10.2 Å². The van der Waals surface area contributed by atoms with Crippen LogP contribution < -0.4 is 9.84 Å². The zero-order chi connectivity index (χ0) is 17.6. The van der Waals surface area contributed by atoms with Crippen molar-refractivity contribution in [1.82, 2.24) is 14.8 Å². The van der Waals surface area contributed by atoms with Gasteiger partial charge in [0, 0.05) is 18.5 Å². The predicted molar refractivity (Wildman–Crippen MR) is 88.0 cm³/mol. The van der Waals surface area contributed by atoms with Gasteiger partial charge >= 0.3 is 0 Å². The van der Waals surface area contributed by atoms with Gasteiger partial charge in [0.15, 0.2) is 5.82 Å². The van der Waals surface area contributed by atoms with E-state index in [4.69, 9.17) is 4.74 Å². The predicted octanol–water partition coefficient (Wildman–Crippen LogP) is 1.20. The van der Waals surface area contributed by atoms with Gasteiger partial charge in [0.1, 0.15) is 24.3 Å². The molecule has 0 atom stereocenters. The molecule has 7 heteroatoms. The summed E-state index contributed by atoms with van der Waals surface area (Å²) in [7, 11) is 0. The number of ether oxygens (including phenoxy) is 1. The highest BCUT2D eigenvalue weighted by Crippen LogP contribution is 2.25. The molecule has 0 saturated carbocycles. The van der Waals surface area contributed by atoms with E-state index in [0.717, 1.165) is 38.1 Å². The number of fused-ring (bicyclic) bond motifs is 1. The minimum absolute atomic E-state index is 0.366. The normalized spacial score (nSPS) is 14.3. The number of hydrogen-bond donors (Lipinski definition) is 0. The van der Waals surface area contributed by atoms with E-state index in [1.54, 1.807) is 30.3 Å².